The van der Waals surface area contributed by atoms with Gasteiger partial charge < -0.3 is 14.8 Å². The third-order valence-electron chi connectivity index (χ3n) is 4.68. The van der Waals surface area contributed by atoms with Crippen LogP contribution < -0.4 is 10.1 Å². The molecule has 0 aliphatic rings. The largest absolute Gasteiger partial charge is 0.480 e. The van der Waals surface area contributed by atoms with Crippen LogP contribution in [0, 0.1) is 6.92 Å². The summed E-state index contributed by atoms with van der Waals surface area (Å²) in [6.07, 6.45) is -0.111. The molecule has 1 atom stereocenters. The van der Waals surface area contributed by atoms with Gasteiger partial charge in [-0.1, -0.05) is 43.3 Å². The summed E-state index contributed by atoms with van der Waals surface area (Å²) < 4.78 is 11.1. The van der Waals surface area contributed by atoms with E-state index in [1.165, 1.54) is 0 Å². The molecule has 0 aliphatic heterocycles. The molecule has 5 nitrogen and oxygen atoms in total. The highest BCUT2D eigenvalue weighted by molar-refractivity contribution is 5.97. The maximum atomic E-state index is 12.8. The Labute approximate surface area is 170 Å². The Morgan fingerprint density at radius 3 is 2.48 bits per heavy atom. The number of rotatable bonds is 7. The number of carbonyl (C=O) groups is 2. The molecule has 0 saturated heterocycles. The first-order valence-corrected chi connectivity index (χ1v) is 9.76. The first kappa shape index (κ1) is 20.4. The zero-order chi connectivity index (χ0) is 20.8. The van der Waals surface area contributed by atoms with Crippen LogP contribution in [0.4, 0.5) is 5.69 Å². The molecule has 3 aromatic carbocycles. The van der Waals surface area contributed by atoms with Gasteiger partial charge >= 0.3 is 5.97 Å². The van der Waals surface area contributed by atoms with Gasteiger partial charge in [-0.25, -0.2) is 4.79 Å². The minimum absolute atomic E-state index is 0.229. The molecular formula is C24H25NO4. The molecule has 0 unspecified atom stereocenters. The van der Waals surface area contributed by atoms with Crippen LogP contribution in [0.3, 0.4) is 0 Å². The molecule has 0 heterocycles. The molecule has 1 N–H and O–H groups in total. The van der Waals surface area contributed by atoms with Crippen LogP contribution in [0.15, 0.2) is 60.7 Å². The van der Waals surface area contributed by atoms with Crippen molar-refractivity contribution < 1.29 is 19.1 Å². The molecule has 3 aromatic rings. The molecule has 1 amide bonds. The van der Waals surface area contributed by atoms with Gasteiger partial charge in [0.25, 0.3) is 5.91 Å². The highest BCUT2D eigenvalue weighted by atomic mass is 16.5. The average Bonchev–Trinajstić information content (AvgIpc) is 2.73. The Morgan fingerprint density at radius 2 is 1.76 bits per heavy atom. The highest BCUT2D eigenvalue weighted by Gasteiger charge is 2.20. The van der Waals surface area contributed by atoms with Gasteiger partial charge in [0.05, 0.1) is 12.2 Å². The van der Waals surface area contributed by atoms with Crippen LogP contribution in [0.25, 0.3) is 10.8 Å². The number of amides is 1. The number of carbonyl (C=O) groups excluding carboxylic acids is 2. The predicted octanol–water partition coefficient (Wildman–Crippen LogP) is 5.12. The van der Waals surface area contributed by atoms with Gasteiger partial charge in [0.15, 0.2) is 6.10 Å². The molecule has 0 radical (unpaired) electrons. The minimum atomic E-state index is -0.634. The highest BCUT2D eigenvalue weighted by Crippen LogP contribution is 2.27. The fourth-order valence-corrected chi connectivity index (χ4v) is 3.13. The second-order valence-corrected chi connectivity index (χ2v) is 6.73. The van der Waals surface area contributed by atoms with Crippen molar-refractivity contribution in [2.75, 3.05) is 11.9 Å². The normalized spacial score (nSPS) is 11.7. The number of hydrogen-bond donors (Lipinski definition) is 1. The summed E-state index contributed by atoms with van der Waals surface area (Å²) in [5.74, 6) is 0.0751. The summed E-state index contributed by atoms with van der Waals surface area (Å²) in [4.78, 5) is 24.7. The van der Waals surface area contributed by atoms with E-state index in [1.54, 1.807) is 25.1 Å². The second-order valence-electron chi connectivity index (χ2n) is 6.73. The fourth-order valence-electron chi connectivity index (χ4n) is 3.13. The topological polar surface area (TPSA) is 64.6 Å². The smallest absolute Gasteiger partial charge is 0.338 e. The van der Waals surface area contributed by atoms with Crippen LogP contribution in [-0.4, -0.2) is 24.6 Å². The standard InChI is InChI=1S/C24H25NO4/c1-4-21(29-22-12-8-10-17-9-6-7-11-19(17)22)23(26)25-20-14-13-18(15-16(20)3)24(27)28-5-2/h6-15,21H,4-5H2,1-3H3,(H,25,26)/t21-/m0/s1. The molecule has 0 aliphatic carbocycles. The summed E-state index contributed by atoms with van der Waals surface area (Å²) in [6.45, 7) is 5.83. The molecule has 0 aromatic heterocycles. The number of hydrogen-bond acceptors (Lipinski definition) is 4. The van der Waals surface area contributed by atoms with Gasteiger partial charge in [0, 0.05) is 11.1 Å². The summed E-state index contributed by atoms with van der Waals surface area (Å²) in [5.41, 5.74) is 1.88. The number of nitrogens with one attached hydrogen (secondary N) is 1. The van der Waals surface area contributed by atoms with E-state index in [0.717, 1.165) is 16.3 Å². The van der Waals surface area contributed by atoms with Crippen LogP contribution in [0.2, 0.25) is 0 Å². The van der Waals surface area contributed by atoms with Gasteiger partial charge in [-0.05, 0) is 55.5 Å². The number of anilines is 1. The number of fused-ring (bicyclic) bond motifs is 1. The van der Waals surface area contributed by atoms with E-state index in [1.807, 2.05) is 56.3 Å². The van der Waals surface area contributed by atoms with Crippen molar-refractivity contribution in [1.82, 2.24) is 0 Å². The molecule has 5 heteroatoms. The lowest BCUT2D eigenvalue weighted by atomic mass is 10.1. The van der Waals surface area contributed by atoms with Gasteiger partial charge in [0.1, 0.15) is 5.75 Å². The maximum Gasteiger partial charge on any atom is 0.338 e. The molecule has 150 valence electrons. The molecule has 3 rings (SSSR count). The quantitative estimate of drug-likeness (QED) is 0.568. The molecule has 0 spiro atoms. The molecule has 0 bridgehead atoms. The Kier molecular flexibility index (Phi) is 6.50. The maximum absolute atomic E-state index is 12.8. The van der Waals surface area contributed by atoms with E-state index in [9.17, 15) is 9.59 Å². The van der Waals surface area contributed by atoms with Gasteiger partial charge in [-0.2, -0.15) is 0 Å². The monoisotopic (exact) mass is 391 g/mol. The first-order valence-electron chi connectivity index (χ1n) is 9.76. The third kappa shape index (κ3) is 4.74. The van der Waals surface area contributed by atoms with Crippen molar-refractivity contribution in [3.05, 3.63) is 71.8 Å². The zero-order valence-corrected chi connectivity index (χ0v) is 16.9. The van der Waals surface area contributed by atoms with E-state index in [0.29, 0.717) is 30.0 Å². The molecular weight excluding hydrogens is 366 g/mol. The number of esters is 1. The molecule has 0 fully saturated rings. The van der Waals surface area contributed by atoms with Crippen LogP contribution in [0.5, 0.6) is 5.75 Å². The van der Waals surface area contributed by atoms with Crippen molar-refractivity contribution in [3.63, 3.8) is 0 Å². The Bertz CT molecular complexity index is 1020. The summed E-state index contributed by atoms with van der Waals surface area (Å²) >= 11 is 0. The summed E-state index contributed by atoms with van der Waals surface area (Å²) in [7, 11) is 0. The lowest BCUT2D eigenvalue weighted by Gasteiger charge is -2.19. The lowest BCUT2D eigenvalue weighted by Crippen LogP contribution is -2.32. The zero-order valence-electron chi connectivity index (χ0n) is 16.9. The fraction of sp³-hybridized carbons (Fsp3) is 0.250. The second kappa shape index (κ2) is 9.24. The Balaban J connectivity index is 1.75. The van der Waals surface area contributed by atoms with E-state index in [2.05, 4.69) is 5.32 Å². The van der Waals surface area contributed by atoms with Crippen molar-refractivity contribution in [3.8, 4) is 5.75 Å². The predicted molar refractivity (Wildman–Crippen MR) is 114 cm³/mol. The van der Waals surface area contributed by atoms with Crippen molar-refractivity contribution in [1.29, 1.82) is 0 Å². The van der Waals surface area contributed by atoms with E-state index in [-0.39, 0.29) is 11.9 Å². The average molecular weight is 391 g/mol. The van der Waals surface area contributed by atoms with Gasteiger partial charge in [-0.15, -0.1) is 0 Å². The van der Waals surface area contributed by atoms with Gasteiger partial charge in [-0.3, -0.25) is 4.79 Å². The van der Waals surface area contributed by atoms with Crippen molar-refractivity contribution >= 4 is 28.3 Å². The third-order valence-corrected chi connectivity index (χ3v) is 4.68. The van der Waals surface area contributed by atoms with Gasteiger partial charge in [0.2, 0.25) is 0 Å². The number of aryl methyl sites for hydroxylation is 1. The summed E-state index contributed by atoms with van der Waals surface area (Å²) in [6, 6.07) is 18.8. The Morgan fingerprint density at radius 1 is 1.00 bits per heavy atom. The number of benzene rings is 3. The summed E-state index contributed by atoms with van der Waals surface area (Å²) in [5, 5.41) is 4.94. The van der Waals surface area contributed by atoms with Crippen LogP contribution in [0.1, 0.15) is 36.2 Å². The van der Waals surface area contributed by atoms with E-state index < -0.39 is 6.10 Å². The lowest BCUT2D eigenvalue weighted by molar-refractivity contribution is -0.122. The van der Waals surface area contributed by atoms with Crippen LogP contribution in [-0.2, 0) is 9.53 Å². The minimum Gasteiger partial charge on any atom is -0.480 e. The molecule has 29 heavy (non-hydrogen) atoms. The molecule has 0 saturated carbocycles. The van der Waals surface area contributed by atoms with E-state index in [4.69, 9.17) is 9.47 Å². The first-order chi connectivity index (χ1) is 14.0. The van der Waals surface area contributed by atoms with Crippen molar-refractivity contribution in [2.24, 2.45) is 0 Å². The Hall–Kier alpha value is -3.34. The SMILES string of the molecule is CCOC(=O)c1ccc(NC(=O)[C@H](CC)Oc2cccc3ccccc23)c(C)c1. The number of ether oxygens (including phenoxy) is 2. The van der Waals surface area contributed by atoms with Crippen LogP contribution >= 0.6 is 0 Å². The van der Waals surface area contributed by atoms with E-state index >= 15 is 0 Å². The van der Waals surface area contributed by atoms with Crippen molar-refractivity contribution in [2.45, 2.75) is 33.3 Å².